The van der Waals surface area contributed by atoms with Crippen molar-refractivity contribution < 1.29 is 18.0 Å². The fourth-order valence-electron chi connectivity index (χ4n) is 3.07. The number of benzene rings is 1. The second-order valence-corrected chi connectivity index (χ2v) is 7.69. The number of fused-ring (bicyclic) bond motifs is 1. The van der Waals surface area contributed by atoms with Crippen LogP contribution in [0.25, 0.3) is 0 Å². The number of aromatic nitrogens is 1. The minimum Gasteiger partial charge on any atom is -0.354 e. The third-order valence-corrected chi connectivity index (χ3v) is 5.30. The van der Waals surface area contributed by atoms with Crippen LogP contribution in [0, 0.1) is 6.92 Å². The second kappa shape index (κ2) is 6.45. The fraction of sp³-hybridized carbons (Fsp3) is 0.294. The molecular weight excluding hydrogens is 342 g/mol. The Balaban J connectivity index is 1.72. The molecule has 25 heavy (non-hydrogen) atoms. The Labute approximate surface area is 145 Å². The molecule has 0 radical (unpaired) electrons. The van der Waals surface area contributed by atoms with Gasteiger partial charge in [-0.05, 0) is 43.0 Å². The normalized spacial score (nSPS) is 14.2. The van der Waals surface area contributed by atoms with Gasteiger partial charge in [0.1, 0.15) is 5.69 Å². The minimum absolute atomic E-state index is 0.0222. The lowest BCUT2D eigenvalue weighted by atomic mass is 9.94. The highest BCUT2D eigenvalue weighted by atomic mass is 32.2. The number of sulfonamides is 1. The Morgan fingerprint density at radius 2 is 1.92 bits per heavy atom. The zero-order valence-electron chi connectivity index (χ0n) is 13.8. The predicted octanol–water partition coefficient (Wildman–Crippen LogP) is 1.42. The molecule has 0 bridgehead atoms. The van der Waals surface area contributed by atoms with Crippen molar-refractivity contribution in [3.05, 3.63) is 52.3 Å². The highest BCUT2D eigenvalue weighted by Gasteiger charge is 2.26. The SMILES string of the molecule is Cc1c(C(=O)NCc2ccc(S(N)(=O)=O)cc2)[nH]c2c1C(=O)CCC2. The molecule has 1 heterocycles. The van der Waals surface area contributed by atoms with Crippen LogP contribution < -0.4 is 10.5 Å². The summed E-state index contributed by atoms with van der Waals surface area (Å²) in [6.07, 6.45) is 2.08. The summed E-state index contributed by atoms with van der Waals surface area (Å²) in [5.41, 5.74) is 3.30. The fourth-order valence-corrected chi connectivity index (χ4v) is 3.58. The van der Waals surface area contributed by atoms with Crippen LogP contribution in [0.1, 0.15) is 50.5 Å². The monoisotopic (exact) mass is 361 g/mol. The number of ketones is 1. The second-order valence-electron chi connectivity index (χ2n) is 6.13. The first-order valence-electron chi connectivity index (χ1n) is 7.92. The molecule has 0 fully saturated rings. The molecule has 1 amide bonds. The number of rotatable bonds is 4. The van der Waals surface area contributed by atoms with Crippen LogP contribution >= 0.6 is 0 Å². The number of nitrogens with two attached hydrogens (primary N) is 1. The summed E-state index contributed by atoms with van der Waals surface area (Å²) < 4.78 is 22.5. The minimum atomic E-state index is -3.73. The molecule has 0 atom stereocenters. The van der Waals surface area contributed by atoms with Gasteiger partial charge in [0.25, 0.3) is 5.91 Å². The molecule has 1 aromatic carbocycles. The lowest BCUT2D eigenvalue weighted by Gasteiger charge is -2.09. The van der Waals surface area contributed by atoms with Gasteiger partial charge in [-0.1, -0.05) is 12.1 Å². The maximum Gasteiger partial charge on any atom is 0.268 e. The van der Waals surface area contributed by atoms with Gasteiger partial charge in [-0.3, -0.25) is 9.59 Å². The first kappa shape index (κ1) is 17.4. The lowest BCUT2D eigenvalue weighted by molar-refractivity contribution is 0.0945. The van der Waals surface area contributed by atoms with Crippen molar-refractivity contribution >= 4 is 21.7 Å². The molecule has 1 aromatic heterocycles. The van der Waals surface area contributed by atoms with E-state index in [0.717, 1.165) is 24.1 Å². The van der Waals surface area contributed by atoms with Gasteiger partial charge in [0.2, 0.25) is 10.0 Å². The van der Waals surface area contributed by atoms with Crippen LogP contribution in [-0.2, 0) is 23.0 Å². The number of aromatic amines is 1. The van der Waals surface area contributed by atoms with Gasteiger partial charge in [0.15, 0.2) is 5.78 Å². The first-order valence-corrected chi connectivity index (χ1v) is 9.46. The van der Waals surface area contributed by atoms with E-state index in [1.165, 1.54) is 12.1 Å². The molecule has 1 aliphatic rings. The number of aryl methyl sites for hydroxylation is 1. The van der Waals surface area contributed by atoms with Crippen molar-refractivity contribution in [2.75, 3.05) is 0 Å². The molecule has 2 aromatic rings. The molecule has 4 N–H and O–H groups in total. The van der Waals surface area contributed by atoms with Gasteiger partial charge < -0.3 is 10.3 Å². The molecule has 7 nitrogen and oxygen atoms in total. The Morgan fingerprint density at radius 3 is 2.52 bits per heavy atom. The highest BCUT2D eigenvalue weighted by molar-refractivity contribution is 7.89. The summed E-state index contributed by atoms with van der Waals surface area (Å²) >= 11 is 0. The molecule has 0 saturated carbocycles. The molecule has 8 heteroatoms. The van der Waals surface area contributed by atoms with Crippen LogP contribution in [0.4, 0.5) is 0 Å². The highest BCUT2D eigenvalue weighted by Crippen LogP contribution is 2.26. The van der Waals surface area contributed by atoms with Gasteiger partial charge in [-0.2, -0.15) is 0 Å². The molecule has 132 valence electrons. The summed E-state index contributed by atoms with van der Waals surface area (Å²) in [6, 6.07) is 5.98. The van der Waals surface area contributed by atoms with Crippen molar-refractivity contribution in [2.45, 2.75) is 37.6 Å². The van der Waals surface area contributed by atoms with Crippen LogP contribution in [0.5, 0.6) is 0 Å². The van der Waals surface area contributed by atoms with Gasteiger partial charge in [0.05, 0.1) is 4.90 Å². The van der Waals surface area contributed by atoms with E-state index in [1.54, 1.807) is 19.1 Å². The quantitative estimate of drug-likeness (QED) is 0.762. The number of carbonyl (C=O) groups is 2. The van der Waals surface area contributed by atoms with Crippen molar-refractivity contribution in [3.8, 4) is 0 Å². The van der Waals surface area contributed by atoms with E-state index in [4.69, 9.17) is 5.14 Å². The van der Waals surface area contributed by atoms with Gasteiger partial charge in [-0.25, -0.2) is 13.6 Å². The average Bonchev–Trinajstić information content (AvgIpc) is 2.90. The summed E-state index contributed by atoms with van der Waals surface area (Å²) in [5, 5.41) is 7.83. The van der Waals surface area contributed by atoms with Gasteiger partial charge in [-0.15, -0.1) is 0 Å². The third kappa shape index (κ3) is 3.49. The van der Waals surface area contributed by atoms with E-state index >= 15 is 0 Å². The largest absolute Gasteiger partial charge is 0.354 e. The van der Waals surface area contributed by atoms with Gasteiger partial charge in [0, 0.05) is 24.2 Å². The number of amides is 1. The van der Waals surface area contributed by atoms with Crippen molar-refractivity contribution in [3.63, 3.8) is 0 Å². The van der Waals surface area contributed by atoms with E-state index in [1.807, 2.05) is 0 Å². The number of Topliss-reactive ketones (excluding diaryl/α,β-unsaturated/α-hetero) is 1. The molecule has 0 aliphatic heterocycles. The molecule has 0 spiro atoms. The number of carbonyl (C=O) groups excluding carboxylic acids is 2. The van der Waals surface area contributed by atoms with E-state index < -0.39 is 10.0 Å². The van der Waals surface area contributed by atoms with E-state index in [9.17, 15) is 18.0 Å². The predicted molar refractivity (Wildman–Crippen MR) is 91.8 cm³/mol. The van der Waals surface area contributed by atoms with Crippen LogP contribution in [-0.4, -0.2) is 25.1 Å². The summed E-state index contributed by atoms with van der Waals surface area (Å²) in [7, 11) is -3.73. The number of hydrogen-bond donors (Lipinski definition) is 3. The zero-order chi connectivity index (χ0) is 18.2. The third-order valence-electron chi connectivity index (χ3n) is 4.37. The Bertz CT molecular complexity index is 943. The zero-order valence-corrected chi connectivity index (χ0v) is 14.6. The molecular formula is C17H19N3O4S. The summed E-state index contributed by atoms with van der Waals surface area (Å²) in [5.74, 6) is -0.220. The van der Waals surface area contributed by atoms with E-state index in [0.29, 0.717) is 23.2 Å². The molecule has 0 saturated heterocycles. The number of hydrogen-bond acceptors (Lipinski definition) is 4. The van der Waals surface area contributed by atoms with Crippen molar-refractivity contribution in [1.82, 2.24) is 10.3 Å². The number of primary sulfonamides is 1. The average molecular weight is 361 g/mol. The Kier molecular flexibility index (Phi) is 4.49. The van der Waals surface area contributed by atoms with Gasteiger partial charge >= 0.3 is 0 Å². The maximum atomic E-state index is 12.4. The van der Waals surface area contributed by atoms with E-state index in [2.05, 4.69) is 10.3 Å². The smallest absolute Gasteiger partial charge is 0.268 e. The van der Waals surface area contributed by atoms with Crippen molar-refractivity contribution in [2.24, 2.45) is 5.14 Å². The van der Waals surface area contributed by atoms with Crippen molar-refractivity contribution in [1.29, 1.82) is 0 Å². The van der Waals surface area contributed by atoms with Crippen LogP contribution in [0.2, 0.25) is 0 Å². The van der Waals surface area contributed by atoms with Crippen LogP contribution in [0.3, 0.4) is 0 Å². The Morgan fingerprint density at radius 1 is 1.24 bits per heavy atom. The number of nitrogens with one attached hydrogen (secondary N) is 2. The topological polar surface area (TPSA) is 122 Å². The van der Waals surface area contributed by atoms with E-state index in [-0.39, 0.29) is 23.1 Å². The Hall–Kier alpha value is -2.45. The molecule has 1 aliphatic carbocycles. The number of H-pyrrole nitrogens is 1. The summed E-state index contributed by atoms with van der Waals surface area (Å²) in [4.78, 5) is 27.5. The standard InChI is InChI=1S/C17H19N3O4S/c1-10-15-13(3-2-4-14(15)21)20-16(10)17(22)19-9-11-5-7-12(8-6-11)25(18,23)24/h5-8,20H,2-4,9H2,1H3,(H,19,22)(H2,18,23,24). The summed E-state index contributed by atoms with van der Waals surface area (Å²) in [6.45, 7) is 2.01. The maximum absolute atomic E-state index is 12.4. The van der Waals surface area contributed by atoms with Crippen LogP contribution in [0.15, 0.2) is 29.2 Å². The first-order chi connectivity index (χ1) is 11.8. The molecule has 3 rings (SSSR count). The molecule has 0 unspecified atom stereocenters. The lowest BCUT2D eigenvalue weighted by Crippen LogP contribution is -2.24.